The molecule has 1 aromatic rings. The number of halogens is 1. The Morgan fingerprint density at radius 2 is 1.19 bits per heavy atom. The number of rotatable bonds is 3. The molecule has 0 spiro atoms. The first-order chi connectivity index (χ1) is 7.34. The van der Waals surface area contributed by atoms with Gasteiger partial charge in [0, 0.05) is 6.07 Å². The van der Waals surface area contributed by atoms with Gasteiger partial charge in [-0.3, -0.25) is 30.3 Å². The van der Waals surface area contributed by atoms with Crippen molar-refractivity contribution in [2.24, 2.45) is 0 Å². The van der Waals surface area contributed by atoms with Crippen LogP contribution in [-0.2, 0) is 0 Å². The molecule has 0 aliphatic rings. The smallest absolute Gasteiger partial charge is 0.258 e. The van der Waals surface area contributed by atoms with Gasteiger partial charge in [0.15, 0.2) is 0 Å². The molecule has 0 N–H and O–H groups in total. The Morgan fingerprint density at radius 1 is 0.812 bits per heavy atom. The molecule has 0 bridgehead atoms. The van der Waals surface area contributed by atoms with Crippen LogP contribution in [0.2, 0.25) is 5.02 Å². The van der Waals surface area contributed by atoms with E-state index in [9.17, 15) is 30.3 Å². The molecule has 0 heterocycles. The second-order valence-corrected chi connectivity index (χ2v) is 2.97. The van der Waals surface area contributed by atoms with Gasteiger partial charge in [-0.05, 0) is 0 Å². The van der Waals surface area contributed by atoms with Crippen molar-refractivity contribution in [1.82, 2.24) is 0 Å². The number of nitro benzene ring substituents is 3. The largest absolute Gasteiger partial charge is 0.353 e. The summed E-state index contributed by atoms with van der Waals surface area (Å²) in [6, 6.07) is 1.04. The van der Waals surface area contributed by atoms with Crippen molar-refractivity contribution < 1.29 is 14.8 Å². The van der Waals surface area contributed by atoms with E-state index in [1.165, 1.54) is 0 Å². The maximum Gasteiger partial charge on any atom is 0.353 e. The molecule has 0 aliphatic heterocycles. The van der Waals surface area contributed by atoms with Gasteiger partial charge in [-0.25, -0.2) is 0 Å². The summed E-state index contributed by atoms with van der Waals surface area (Å²) in [4.78, 5) is 28.2. The van der Waals surface area contributed by atoms with Crippen LogP contribution in [0.4, 0.5) is 17.1 Å². The Morgan fingerprint density at radius 3 is 1.56 bits per heavy atom. The molecular weight excluding hydrogens is 246 g/mol. The molecule has 9 nitrogen and oxygen atoms in total. The van der Waals surface area contributed by atoms with Gasteiger partial charge < -0.3 is 0 Å². The Balaban J connectivity index is 3.55. The number of hydrogen-bond acceptors (Lipinski definition) is 6. The highest BCUT2D eigenvalue weighted by Gasteiger charge is 2.30. The standard InChI is InChI=1S/C6H2ClN3O6/c7-3-1-5(9(13)14)6(10(15)16)2-4(3)8(11)12/h1-2H. The van der Waals surface area contributed by atoms with E-state index in [4.69, 9.17) is 11.6 Å². The maximum atomic E-state index is 10.4. The van der Waals surface area contributed by atoms with Crippen molar-refractivity contribution >= 4 is 28.7 Å². The summed E-state index contributed by atoms with van der Waals surface area (Å²) in [5, 5.41) is 30.8. The fourth-order valence-corrected chi connectivity index (χ4v) is 1.20. The Bertz CT molecular complexity index is 501. The van der Waals surface area contributed by atoms with Crippen LogP contribution >= 0.6 is 11.6 Å². The number of benzene rings is 1. The van der Waals surface area contributed by atoms with Crippen LogP contribution in [0.1, 0.15) is 0 Å². The molecule has 0 fully saturated rings. The van der Waals surface area contributed by atoms with Crippen molar-refractivity contribution in [2.75, 3.05) is 0 Å². The topological polar surface area (TPSA) is 129 Å². The zero-order valence-electron chi connectivity index (χ0n) is 7.32. The van der Waals surface area contributed by atoms with Crippen molar-refractivity contribution in [1.29, 1.82) is 0 Å². The van der Waals surface area contributed by atoms with Gasteiger partial charge in [0.1, 0.15) is 11.1 Å². The second kappa shape index (κ2) is 4.06. The molecule has 0 amide bonds. The van der Waals surface area contributed by atoms with Gasteiger partial charge in [0.05, 0.1) is 14.8 Å². The van der Waals surface area contributed by atoms with Crippen LogP contribution in [0, 0.1) is 30.3 Å². The molecule has 0 saturated heterocycles. The van der Waals surface area contributed by atoms with E-state index in [0.717, 1.165) is 0 Å². The van der Waals surface area contributed by atoms with Crippen molar-refractivity contribution in [2.45, 2.75) is 0 Å². The van der Waals surface area contributed by atoms with Crippen LogP contribution in [0.25, 0.3) is 0 Å². The van der Waals surface area contributed by atoms with Gasteiger partial charge in [-0.2, -0.15) is 0 Å². The summed E-state index contributed by atoms with van der Waals surface area (Å²) < 4.78 is 0. The average Bonchev–Trinajstić information content (AvgIpc) is 2.15. The predicted molar refractivity (Wildman–Crippen MR) is 51.4 cm³/mol. The zero-order chi connectivity index (χ0) is 12.5. The molecule has 0 atom stereocenters. The lowest BCUT2D eigenvalue weighted by Gasteiger charge is -1.97. The van der Waals surface area contributed by atoms with Gasteiger partial charge in [0.25, 0.3) is 5.69 Å². The molecule has 1 aromatic carbocycles. The van der Waals surface area contributed by atoms with Crippen molar-refractivity contribution in [3.8, 4) is 0 Å². The molecule has 84 valence electrons. The highest BCUT2D eigenvalue weighted by molar-refractivity contribution is 6.33. The van der Waals surface area contributed by atoms with Crippen molar-refractivity contribution in [3.63, 3.8) is 0 Å². The van der Waals surface area contributed by atoms with Crippen LogP contribution < -0.4 is 0 Å². The van der Waals surface area contributed by atoms with Gasteiger partial charge >= 0.3 is 11.4 Å². The molecule has 0 radical (unpaired) electrons. The SMILES string of the molecule is O=[N+]([O-])c1cc([N+](=O)[O-])c([N+](=O)[O-])cc1Cl. The first-order valence-corrected chi connectivity index (χ1v) is 3.99. The summed E-state index contributed by atoms with van der Waals surface area (Å²) >= 11 is 5.38. The summed E-state index contributed by atoms with van der Waals surface area (Å²) in [6.07, 6.45) is 0. The Kier molecular flexibility index (Phi) is 2.99. The fourth-order valence-electron chi connectivity index (χ4n) is 0.973. The number of hydrogen-bond donors (Lipinski definition) is 0. The molecule has 10 heteroatoms. The van der Waals surface area contributed by atoms with E-state index < -0.39 is 36.9 Å². The zero-order valence-corrected chi connectivity index (χ0v) is 8.08. The van der Waals surface area contributed by atoms with E-state index in [2.05, 4.69) is 0 Å². The first kappa shape index (κ1) is 11.8. The minimum absolute atomic E-state index is 0.459. The van der Waals surface area contributed by atoms with E-state index in [0.29, 0.717) is 12.1 Å². The second-order valence-electron chi connectivity index (χ2n) is 2.56. The average molecular weight is 248 g/mol. The number of nitro groups is 3. The minimum atomic E-state index is -1.08. The summed E-state index contributed by atoms with van der Waals surface area (Å²) in [5.74, 6) is 0. The highest BCUT2D eigenvalue weighted by Crippen LogP contribution is 2.36. The molecule has 0 aromatic heterocycles. The Labute approximate surface area is 91.7 Å². The lowest BCUT2D eigenvalue weighted by molar-refractivity contribution is -0.424. The lowest BCUT2D eigenvalue weighted by atomic mass is 10.2. The van der Waals surface area contributed by atoms with Gasteiger partial charge in [-0.15, -0.1) is 0 Å². The third kappa shape index (κ3) is 2.03. The molecular formula is C6H2ClN3O6. The van der Waals surface area contributed by atoms with Crippen LogP contribution in [0.15, 0.2) is 12.1 Å². The molecule has 1 rings (SSSR count). The summed E-state index contributed by atoms with van der Waals surface area (Å²) in [5.41, 5.74) is -2.61. The molecule has 0 unspecified atom stereocenters. The molecule has 16 heavy (non-hydrogen) atoms. The van der Waals surface area contributed by atoms with E-state index in [1.807, 2.05) is 0 Å². The number of nitrogens with zero attached hydrogens (tertiary/aromatic N) is 3. The maximum absolute atomic E-state index is 10.4. The Hall–Kier alpha value is -2.29. The molecule has 0 saturated carbocycles. The third-order valence-electron chi connectivity index (χ3n) is 1.63. The van der Waals surface area contributed by atoms with E-state index in [-0.39, 0.29) is 0 Å². The van der Waals surface area contributed by atoms with Crippen molar-refractivity contribution in [3.05, 3.63) is 47.5 Å². The van der Waals surface area contributed by atoms with E-state index >= 15 is 0 Å². The van der Waals surface area contributed by atoms with Crippen LogP contribution in [0.5, 0.6) is 0 Å². The van der Waals surface area contributed by atoms with Crippen LogP contribution in [0.3, 0.4) is 0 Å². The highest BCUT2D eigenvalue weighted by atomic mass is 35.5. The predicted octanol–water partition coefficient (Wildman–Crippen LogP) is 2.06. The lowest BCUT2D eigenvalue weighted by Crippen LogP contribution is -1.99. The molecule has 0 aliphatic carbocycles. The van der Waals surface area contributed by atoms with E-state index in [1.54, 1.807) is 0 Å². The first-order valence-electron chi connectivity index (χ1n) is 3.61. The fraction of sp³-hybridized carbons (Fsp3) is 0. The quantitative estimate of drug-likeness (QED) is 0.593. The monoisotopic (exact) mass is 247 g/mol. The van der Waals surface area contributed by atoms with Crippen LogP contribution in [-0.4, -0.2) is 14.8 Å². The minimum Gasteiger partial charge on any atom is -0.258 e. The normalized spacial score (nSPS) is 9.81. The van der Waals surface area contributed by atoms with Gasteiger partial charge in [0.2, 0.25) is 0 Å². The summed E-state index contributed by atoms with van der Waals surface area (Å²) in [7, 11) is 0. The van der Waals surface area contributed by atoms with Gasteiger partial charge in [-0.1, -0.05) is 11.6 Å². The third-order valence-corrected chi connectivity index (χ3v) is 1.94. The summed E-state index contributed by atoms with van der Waals surface area (Å²) in [6.45, 7) is 0.